The van der Waals surface area contributed by atoms with Crippen LogP contribution in [-0.4, -0.2) is 29.1 Å². The number of hydrogen-bond acceptors (Lipinski definition) is 2. The van der Waals surface area contributed by atoms with Crippen LogP contribution in [0.25, 0.3) is 0 Å². The van der Waals surface area contributed by atoms with E-state index in [-0.39, 0.29) is 16.3 Å². The Kier molecular flexibility index (Phi) is 4.05. The lowest BCUT2D eigenvalue weighted by Crippen LogP contribution is -2.62. The third-order valence-electron chi connectivity index (χ3n) is 4.90. The summed E-state index contributed by atoms with van der Waals surface area (Å²) in [5.74, 6) is 0. The normalized spacial score (nSPS) is 29.3. The van der Waals surface area contributed by atoms with Crippen molar-refractivity contribution >= 4 is 10.0 Å². The molecular formula is C15H29NO2S. The van der Waals surface area contributed by atoms with Gasteiger partial charge in [0.25, 0.3) is 0 Å². The number of nitrogens with zero attached hydrogens (tertiary/aromatic N) is 1. The van der Waals surface area contributed by atoms with Crippen LogP contribution in [0.1, 0.15) is 79.1 Å². The Balaban J connectivity index is 2.35. The zero-order valence-electron chi connectivity index (χ0n) is 12.9. The quantitative estimate of drug-likeness (QED) is 0.776. The molecule has 0 atom stereocenters. The van der Waals surface area contributed by atoms with Crippen LogP contribution in [0.2, 0.25) is 0 Å². The van der Waals surface area contributed by atoms with Crippen molar-refractivity contribution in [3.05, 3.63) is 0 Å². The maximum atomic E-state index is 13.1. The van der Waals surface area contributed by atoms with Gasteiger partial charge in [-0.3, -0.25) is 0 Å². The highest BCUT2D eigenvalue weighted by Crippen LogP contribution is 2.43. The lowest BCUT2D eigenvalue weighted by atomic mass is 9.83. The maximum Gasteiger partial charge on any atom is 0.217 e. The monoisotopic (exact) mass is 287 g/mol. The minimum atomic E-state index is -3.17. The third-order valence-corrected chi connectivity index (χ3v) is 7.72. The van der Waals surface area contributed by atoms with Crippen molar-refractivity contribution < 1.29 is 8.42 Å². The Morgan fingerprint density at radius 1 is 0.842 bits per heavy atom. The Bertz CT molecular complexity index is 403. The summed E-state index contributed by atoms with van der Waals surface area (Å²) >= 11 is 0. The van der Waals surface area contributed by atoms with Crippen molar-refractivity contribution in [2.24, 2.45) is 0 Å². The van der Waals surface area contributed by atoms with E-state index >= 15 is 0 Å². The molecule has 1 aliphatic heterocycles. The lowest BCUT2D eigenvalue weighted by Gasteiger charge is -2.52. The van der Waals surface area contributed by atoms with E-state index < -0.39 is 10.0 Å². The predicted octanol–water partition coefficient (Wildman–Crippen LogP) is 3.69. The first-order valence-electron chi connectivity index (χ1n) is 7.72. The zero-order valence-corrected chi connectivity index (χ0v) is 13.7. The van der Waals surface area contributed by atoms with Crippen LogP contribution >= 0.6 is 0 Å². The van der Waals surface area contributed by atoms with E-state index in [1.807, 2.05) is 4.31 Å². The Morgan fingerprint density at radius 3 is 1.79 bits per heavy atom. The average molecular weight is 287 g/mol. The van der Waals surface area contributed by atoms with Gasteiger partial charge in [-0.15, -0.1) is 0 Å². The van der Waals surface area contributed by atoms with Crippen molar-refractivity contribution in [3.63, 3.8) is 0 Å². The lowest BCUT2D eigenvalue weighted by molar-refractivity contribution is 0.0541. The molecule has 0 N–H and O–H groups in total. The molecule has 0 aromatic carbocycles. The summed E-state index contributed by atoms with van der Waals surface area (Å²) in [6, 6.07) is 0. The molecule has 0 aromatic rings. The van der Waals surface area contributed by atoms with Gasteiger partial charge >= 0.3 is 0 Å². The Labute approximate surface area is 118 Å². The van der Waals surface area contributed by atoms with Gasteiger partial charge in [0.2, 0.25) is 10.0 Å². The van der Waals surface area contributed by atoms with Gasteiger partial charge in [-0.05, 0) is 59.8 Å². The van der Waals surface area contributed by atoms with E-state index in [1.165, 1.54) is 6.42 Å². The summed E-state index contributed by atoms with van der Waals surface area (Å²) in [7, 11) is -3.17. The molecule has 0 spiro atoms. The molecule has 4 heteroatoms. The molecule has 1 saturated carbocycles. The van der Waals surface area contributed by atoms with E-state index in [4.69, 9.17) is 0 Å². The van der Waals surface area contributed by atoms with Gasteiger partial charge in [0, 0.05) is 11.1 Å². The minimum absolute atomic E-state index is 0.141. The van der Waals surface area contributed by atoms with Gasteiger partial charge in [-0.1, -0.05) is 19.3 Å². The van der Waals surface area contributed by atoms with Crippen LogP contribution in [0, 0.1) is 0 Å². The molecule has 0 unspecified atom stereocenters. The van der Waals surface area contributed by atoms with E-state index in [0.29, 0.717) is 0 Å². The molecule has 0 radical (unpaired) electrons. The molecular weight excluding hydrogens is 258 g/mol. The molecule has 1 saturated heterocycles. The molecule has 0 bridgehead atoms. The van der Waals surface area contributed by atoms with Gasteiger partial charge in [-0.25, -0.2) is 8.42 Å². The molecule has 1 heterocycles. The van der Waals surface area contributed by atoms with Crippen molar-refractivity contribution in [2.45, 2.75) is 95.4 Å². The predicted molar refractivity (Wildman–Crippen MR) is 79.6 cm³/mol. The summed E-state index contributed by atoms with van der Waals surface area (Å²) in [5.41, 5.74) is -0.476. The van der Waals surface area contributed by atoms with Crippen LogP contribution in [0.4, 0.5) is 0 Å². The summed E-state index contributed by atoms with van der Waals surface area (Å²) in [6.07, 6.45) is 8.10. The van der Waals surface area contributed by atoms with Crippen LogP contribution in [0.3, 0.4) is 0 Å². The number of hydrogen-bond donors (Lipinski definition) is 0. The van der Waals surface area contributed by atoms with E-state index in [1.54, 1.807) is 0 Å². The van der Waals surface area contributed by atoms with Gasteiger partial charge < -0.3 is 0 Å². The molecule has 1 aliphatic carbocycles. The second kappa shape index (κ2) is 5.03. The van der Waals surface area contributed by atoms with Crippen LogP contribution in [-0.2, 0) is 10.0 Å². The fourth-order valence-corrected chi connectivity index (χ4v) is 6.96. The fraction of sp³-hybridized carbons (Fsp3) is 1.00. The summed E-state index contributed by atoms with van der Waals surface area (Å²) < 4.78 is 28.1. The van der Waals surface area contributed by atoms with Crippen molar-refractivity contribution in [1.82, 2.24) is 4.31 Å². The van der Waals surface area contributed by atoms with Crippen molar-refractivity contribution in [3.8, 4) is 0 Å². The first-order chi connectivity index (χ1) is 8.68. The van der Waals surface area contributed by atoms with Gasteiger partial charge in [0.15, 0.2) is 0 Å². The highest BCUT2D eigenvalue weighted by molar-refractivity contribution is 7.89. The zero-order chi connectivity index (χ0) is 14.3. The second-order valence-electron chi connectivity index (χ2n) is 7.55. The minimum Gasteiger partial charge on any atom is -0.212 e. The third kappa shape index (κ3) is 2.85. The van der Waals surface area contributed by atoms with E-state index in [0.717, 1.165) is 44.9 Å². The van der Waals surface area contributed by atoms with Crippen molar-refractivity contribution in [1.29, 1.82) is 0 Å². The SMILES string of the molecule is CC1(C)CCCC(C)(C)N1S(=O)(=O)C1CCCCC1. The van der Waals surface area contributed by atoms with Crippen molar-refractivity contribution in [2.75, 3.05) is 0 Å². The molecule has 112 valence electrons. The summed E-state index contributed by atoms with van der Waals surface area (Å²) in [4.78, 5) is 0. The Hall–Kier alpha value is -0.0900. The molecule has 0 amide bonds. The molecule has 2 rings (SSSR count). The number of rotatable bonds is 2. The van der Waals surface area contributed by atoms with Crippen LogP contribution in [0.15, 0.2) is 0 Å². The topological polar surface area (TPSA) is 37.4 Å². The van der Waals surface area contributed by atoms with Gasteiger partial charge in [-0.2, -0.15) is 4.31 Å². The highest BCUT2D eigenvalue weighted by Gasteiger charge is 2.50. The average Bonchev–Trinajstić information content (AvgIpc) is 2.27. The second-order valence-corrected chi connectivity index (χ2v) is 9.61. The molecule has 2 fully saturated rings. The standard InChI is InChI=1S/C15H29NO2S/c1-14(2)11-8-12-15(3,4)16(14)19(17,18)13-9-6-5-7-10-13/h13H,5-12H2,1-4H3. The molecule has 3 nitrogen and oxygen atoms in total. The maximum absolute atomic E-state index is 13.1. The number of piperidine rings is 1. The van der Waals surface area contributed by atoms with E-state index in [2.05, 4.69) is 27.7 Å². The van der Waals surface area contributed by atoms with Crippen LogP contribution in [0.5, 0.6) is 0 Å². The molecule has 0 aromatic heterocycles. The van der Waals surface area contributed by atoms with Gasteiger partial charge in [0.1, 0.15) is 0 Å². The fourth-order valence-electron chi connectivity index (χ4n) is 4.18. The van der Waals surface area contributed by atoms with Crippen LogP contribution < -0.4 is 0 Å². The summed E-state index contributed by atoms with van der Waals surface area (Å²) in [6.45, 7) is 8.37. The Morgan fingerprint density at radius 2 is 1.32 bits per heavy atom. The first-order valence-corrected chi connectivity index (χ1v) is 9.23. The molecule has 2 aliphatic rings. The summed E-state index contributed by atoms with van der Waals surface area (Å²) in [5, 5.41) is -0.141. The smallest absolute Gasteiger partial charge is 0.212 e. The largest absolute Gasteiger partial charge is 0.217 e. The number of sulfonamides is 1. The molecule has 19 heavy (non-hydrogen) atoms. The highest BCUT2D eigenvalue weighted by atomic mass is 32.2. The van der Waals surface area contributed by atoms with E-state index in [9.17, 15) is 8.42 Å². The van der Waals surface area contributed by atoms with Gasteiger partial charge in [0.05, 0.1) is 5.25 Å². The first kappa shape index (κ1) is 15.3.